The molecule has 0 unspecified atom stereocenters. The Labute approximate surface area is 87.8 Å². The van der Waals surface area contributed by atoms with Crippen molar-refractivity contribution in [2.75, 3.05) is 0 Å². The zero-order valence-corrected chi connectivity index (χ0v) is 10.1. The molecule has 2 aromatic rings. The van der Waals surface area contributed by atoms with E-state index in [1.807, 2.05) is 11.7 Å². The van der Waals surface area contributed by atoms with E-state index in [9.17, 15) is 0 Å². The second-order valence-corrected chi connectivity index (χ2v) is 5.61. The molecule has 0 spiro atoms. The van der Waals surface area contributed by atoms with E-state index in [-0.39, 0.29) is 5.41 Å². The van der Waals surface area contributed by atoms with Crippen LogP contribution in [0, 0.1) is 6.92 Å². The van der Waals surface area contributed by atoms with E-state index in [1.165, 1.54) is 5.01 Å². The van der Waals surface area contributed by atoms with E-state index in [2.05, 4.69) is 37.8 Å². The predicted molar refractivity (Wildman–Crippen MR) is 59.8 cm³/mol. The van der Waals surface area contributed by atoms with Crippen molar-refractivity contribution >= 4 is 21.7 Å². The quantitative estimate of drug-likeness (QED) is 0.668. The molecule has 2 rings (SSSR count). The number of aryl methyl sites for hydroxylation is 2. The maximum atomic E-state index is 4.64. The van der Waals surface area contributed by atoms with Gasteiger partial charge < -0.3 is 0 Å². The Balaban J connectivity index is 2.65. The first-order valence-corrected chi connectivity index (χ1v) is 5.52. The van der Waals surface area contributed by atoms with E-state index in [0.717, 1.165) is 16.0 Å². The van der Waals surface area contributed by atoms with Crippen LogP contribution in [0.25, 0.3) is 10.3 Å². The van der Waals surface area contributed by atoms with Gasteiger partial charge in [0.05, 0.1) is 5.69 Å². The number of fused-ring (bicyclic) bond motifs is 1. The molecule has 0 atom stereocenters. The van der Waals surface area contributed by atoms with Gasteiger partial charge in [-0.3, -0.25) is 4.68 Å². The third-order valence-corrected chi connectivity index (χ3v) is 3.69. The van der Waals surface area contributed by atoms with Crippen LogP contribution in [0.5, 0.6) is 0 Å². The van der Waals surface area contributed by atoms with Crippen LogP contribution in [0.1, 0.15) is 31.5 Å². The minimum absolute atomic E-state index is 0.128. The van der Waals surface area contributed by atoms with E-state index < -0.39 is 0 Å². The minimum atomic E-state index is 0.128. The van der Waals surface area contributed by atoms with Crippen LogP contribution in [0.15, 0.2) is 0 Å². The number of nitrogens with zero attached hydrogens (tertiary/aromatic N) is 3. The van der Waals surface area contributed by atoms with Gasteiger partial charge in [0.25, 0.3) is 0 Å². The van der Waals surface area contributed by atoms with Crippen molar-refractivity contribution in [3.05, 3.63) is 10.7 Å². The fourth-order valence-electron chi connectivity index (χ4n) is 1.30. The Hall–Kier alpha value is -0.900. The standard InChI is InChI=1S/C10H15N3S/c1-6-7-8(12-13(6)5)14-9(11-7)10(2,3)4/h1-5H3. The SMILES string of the molecule is Cc1c2nc(C(C)(C)C)sc2nn1C. The summed E-state index contributed by atoms with van der Waals surface area (Å²) in [6.07, 6.45) is 0. The maximum absolute atomic E-state index is 4.64. The minimum Gasteiger partial charge on any atom is -0.269 e. The average Bonchev–Trinajstić information content (AvgIpc) is 2.54. The summed E-state index contributed by atoms with van der Waals surface area (Å²) in [7, 11) is 1.96. The number of hydrogen-bond donors (Lipinski definition) is 0. The molecular weight excluding hydrogens is 194 g/mol. The summed E-state index contributed by atoms with van der Waals surface area (Å²) < 4.78 is 1.89. The molecule has 0 saturated carbocycles. The van der Waals surface area contributed by atoms with Crippen LogP contribution in [-0.4, -0.2) is 14.8 Å². The Kier molecular flexibility index (Phi) is 1.93. The Morgan fingerprint density at radius 2 is 1.93 bits per heavy atom. The van der Waals surface area contributed by atoms with Crippen LogP contribution in [0.4, 0.5) is 0 Å². The Morgan fingerprint density at radius 1 is 1.29 bits per heavy atom. The molecule has 0 aliphatic carbocycles. The molecule has 4 heteroatoms. The van der Waals surface area contributed by atoms with Crippen molar-refractivity contribution in [2.24, 2.45) is 7.05 Å². The van der Waals surface area contributed by atoms with Crippen LogP contribution in [0.3, 0.4) is 0 Å². The molecule has 0 aromatic carbocycles. The third kappa shape index (κ3) is 1.34. The second-order valence-electron chi connectivity index (χ2n) is 4.63. The lowest BCUT2D eigenvalue weighted by atomic mass is 9.98. The number of aromatic nitrogens is 3. The smallest absolute Gasteiger partial charge is 0.165 e. The van der Waals surface area contributed by atoms with Gasteiger partial charge in [0, 0.05) is 12.5 Å². The van der Waals surface area contributed by atoms with Gasteiger partial charge in [0.15, 0.2) is 4.83 Å². The fraction of sp³-hybridized carbons (Fsp3) is 0.600. The summed E-state index contributed by atoms with van der Waals surface area (Å²) in [4.78, 5) is 5.69. The van der Waals surface area contributed by atoms with Gasteiger partial charge in [-0.1, -0.05) is 32.1 Å². The molecule has 3 nitrogen and oxygen atoms in total. The first kappa shape index (κ1) is 9.65. The third-order valence-electron chi connectivity index (χ3n) is 2.32. The van der Waals surface area contributed by atoms with Crippen LogP contribution in [0.2, 0.25) is 0 Å². The molecule has 2 heterocycles. The van der Waals surface area contributed by atoms with Gasteiger partial charge in [-0.15, -0.1) is 0 Å². The lowest BCUT2D eigenvalue weighted by Gasteiger charge is -2.13. The molecule has 0 saturated heterocycles. The summed E-state index contributed by atoms with van der Waals surface area (Å²) in [6, 6.07) is 0. The number of hydrogen-bond acceptors (Lipinski definition) is 3. The molecule has 0 bridgehead atoms. The topological polar surface area (TPSA) is 30.7 Å². The summed E-state index contributed by atoms with van der Waals surface area (Å²) >= 11 is 1.70. The highest BCUT2D eigenvalue weighted by Crippen LogP contribution is 2.31. The average molecular weight is 209 g/mol. The maximum Gasteiger partial charge on any atom is 0.165 e. The largest absolute Gasteiger partial charge is 0.269 e. The molecule has 0 amide bonds. The summed E-state index contributed by atoms with van der Waals surface area (Å²) in [5.74, 6) is 0. The van der Waals surface area contributed by atoms with Crippen molar-refractivity contribution < 1.29 is 0 Å². The molecule has 0 N–H and O–H groups in total. The first-order valence-electron chi connectivity index (χ1n) is 4.70. The van der Waals surface area contributed by atoms with E-state index in [0.29, 0.717) is 0 Å². The van der Waals surface area contributed by atoms with Gasteiger partial charge in [-0.05, 0) is 6.92 Å². The van der Waals surface area contributed by atoms with Crippen molar-refractivity contribution in [3.63, 3.8) is 0 Å². The van der Waals surface area contributed by atoms with Gasteiger partial charge in [0.2, 0.25) is 0 Å². The second kappa shape index (κ2) is 2.79. The van der Waals surface area contributed by atoms with Gasteiger partial charge in [0.1, 0.15) is 10.5 Å². The zero-order valence-electron chi connectivity index (χ0n) is 9.25. The van der Waals surface area contributed by atoms with Gasteiger partial charge in [-0.25, -0.2) is 4.98 Å². The molecule has 0 aliphatic heterocycles. The van der Waals surface area contributed by atoms with Crippen molar-refractivity contribution in [2.45, 2.75) is 33.1 Å². The van der Waals surface area contributed by atoms with Crippen LogP contribution in [-0.2, 0) is 12.5 Å². The van der Waals surface area contributed by atoms with Crippen molar-refractivity contribution in [3.8, 4) is 0 Å². The van der Waals surface area contributed by atoms with E-state index in [4.69, 9.17) is 0 Å². The van der Waals surface area contributed by atoms with Crippen LogP contribution < -0.4 is 0 Å². The normalized spacial score (nSPS) is 12.6. The highest BCUT2D eigenvalue weighted by atomic mass is 32.1. The number of rotatable bonds is 0. The van der Waals surface area contributed by atoms with Crippen molar-refractivity contribution in [1.29, 1.82) is 0 Å². The monoisotopic (exact) mass is 209 g/mol. The Morgan fingerprint density at radius 3 is 2.43 bits per heavy atom. The zero-order chi connectivity index (χ0) is 10.5. The summed E-state index contributed by atoms with van der Waals surface area (Å²) in [5.41, 5.74) is 2.33. The molecular formula is C10H15N3S. The lowest BCUT2D eigenvalue weighted by molar-refractivity contribution is 0.586. The number of thiazole rings is 1. The first-order chi connectivity index (χ1) is 6.39. The van der Waals surface area contributed by atoms with Gasteiger partial charge in [-0.2, -0.15) is 5.10 Å². The highest BCUT2D eigenvalue weighted by Gasteiger charge is 2.21. The van der Waals surface area contributed by atoms with Crippen molar-refractivity contribution in [1.82, 2.24) is 14.8 Å². The predicted octanol–water partition coefficient (Wildman–Crippen LogP) is 2.64. The fourth-order valence-corrected chi connectivity index (χ4v) is 2.38. The molecule has 76 valence electrons. The van der Waals surface area contributed by atoms with Crippen LogP contribution >= 0.6 is 11.3 Å². The molecule has 0 aliphatic rings. The van der Waals surface area contributed by atoms with Gasteiger partial charge >= 0.3 is 0 Å². The molecule has 0 fully saturated rings. The lowest BCUT2D eigenvalue weighted by Crippen LogP contribution is -2.10. The molecule has 0 radical (unpaired) electrons. The highest BCUT2D eigenvalue weighted by molar-refractivity contribution is 7.18. The van der Waals surface area contributed by atoms with E-state index in [1.54, 1.807) is 11.3 Å². The summed E-state index contributed by atoms with van der Waals surface area (Å²) in [5, 5.41) is 5.58. The summed E-state index contributed by atoms with van der Waals surface area (Å²) in [6.45, 7) is 8.60. The Bertz CT molecular complexity index is 473. The molecule has 2 aromatic heterocycles. The van der Waals surface area contributed by atoms with E-state index >= 15 is 0 Å². The molecule has 14 heavy (non-hydrogen) atoms.